The Morgan fingerprint density at radius 1 is 1.06 bits per heavy atom. The number of furan rings is 1. The maximum Gasteiger partial charge on any atom is 0.261 e. The van der Waals surface area contributed by atoms with Crippen molar-refractivity contribution in [3.8, 4) is 0 Å². The summed E-state index contributed by atoms with van der Waals surface area (Å²) < 4.78 is 45.6. The number of amides is 2. The predicted molar refractivity (Wildman–Crippen MR) is 123 cm³/mol. The van der Waals surface area contributed by atoms with E-state index in [4.69, 9.17) is 4.42 Å². The van der Waals surface area contributed by atoms with Crippen molar-refractivity contribution in [2.45, 2.75) is 24.3 Å². The number of carbonyl (C=O) groups excluding carboxylic acids is 2. The molecule has 2 heterocycles. The van der Waals surface area contributed by atoms with E-state index in [1.54, 1.807) is 23.3 Å². The highest BCUT2D eigenvalue weighted by Crippen LogP contribution is 2.21. The quantitative estimate of drug-likeness (QED) is 0.533. The number of hydrogen-bond donors (Lipinski definition) is 2. The standard InChI is InChI=1S/C24H24FN3O5S/c25-19-7-11-22(12-8-19)34(31,32)27-20-9-5-17(6-10-20)24(30)28-13-1-3-18(16-28)23(29)26-15-21-4-2-14-33-21/h2,4-12,14,18,27H,1,3,13,15-16H2,(H,26,29). The average molecular weight is 486 g/mol. The van der Waals surface area contributed by atoms with Crippen LogP contribution in [0.25, 0.3) is 0 Å². The van der Waals surface area contributed by atoms with Crippen LogP contribution in [-0.2, 0) is 21.4 Å². The summed E-state index contributed by atoms with van der Waals surface area (Å²) in [7, 11) is -3.89. The van der Waals surface area contributed by atoms with Gasteiger partial charge in [0.25, 0.3) is 15.9 Å². The van der Waals surface area contributed by atoms with Gasteiger partial charge >= 0.3 is 0 Å². The zero-order valence-electron chi connectivity index (χ0n) is 18.2. The van der Waals surface area contributed by atoms with Gasteiger partial charge in [0, 0.05) is 24.3 Å². The van der Waals surface area contributed by atoms with Crippen LogP contribution in [0.1, 0.15) is 29.0 Å². The Hall–Kier alpha value is -3.66. The average Bonchev–Trinajstić information content (AvgIpc) is 3.36. The van der Waals surface area contributed by atoms with Gasteiger partial charge in [0.15, 0.2) is 0 Å². The van der Waals surface area contributed by atoms with Crippen molar-refractivity contribution in [2.24, 2.45) is 5.92 Å². The van der Waals surface area contributed by atoms with Crippen molar-refractivity contribution in [3.05, 3.63) is 84.1 Å². The van der Waals surface area contributed by atoms with E-state index >= 15 is 0 Å². The maximum absolute atomic E-state index is 13.1. The Bertz CT molecular complexity index is 1240. The third kappa shape index (κ3) is 5.63. The number of nitrogens with one attached hydrogen (secondary N) is 2. The molecule has 0 aliphatic carbocycles. The molecule has 178 valence electrons. The molecule has 4 rings (SSSR count). The van der Waals surface area contributed by atoms with Crippen molar-refractivity contribution in [1.29, 1.82) is 0 Å². The SMILES string of the molecule is O=C(NCc1ccco1)C1CCCN(C(=O)c2ccc(NS(=O)(=O)c3ccc(F)cc3)cc2)C1. The van der Waals surface area contributed by atoms with E-state index < -0.39 is 15.8 Å². The smallest absolute Gasteiger partial charge is 0.261 e. The molecule has 1 fully saturated rings. The number of sulfonamides is 1. The summed E-state index contributed by atoms with van der Waals surface area (Å²) in [5.74, 6) is -0.533. The van der Waals surface area contributed by atoms with Crippen LogP contribution in [-0.4, -0.2) is 38.2 Å². The molecule has 1 aliphatic heterocycles. The van der Waals surface area contributed by atoms with E-state index in [0.29, 0.717) is 43.8 Å². The van der Waals surface area contributed by atoms with Crippen molar-refractivity contribution >= 4 is 27.5 Å². The minimum absolute atomic E-state index is 0.0706. The molecule has 2 N–H and O–H groups in total. The van der Waals surface area contributed by atoms with Crippen molar-refractivity contribution in [1.82, 2.24) is 10.2 Å². The van der Waals surface area contributed by atoms with Crippen LogP contribution >= 0.6 is 0 Å². The van der Waals surface area contributed by atoms with Crippen LogP contribution in [0.4, 0.5) is 10.1 Å². The molecule has 10 heteroatoms. The first-order valence-electron chi connectivity index (χ1n) is 10.8. The van der Waals surface area contributed by atoms with Crippen molar-refractivity contribution < 1.29 is 26.8 Å². The molecule has 2 aromatic carbocycles. The lowest BCUT2D eigenvalue weighted by Gasteiger charge is -2.32. The van der Waals surface area contributed by atoms with E-state index in [1.165, 1.54) is 36.4 Å². The molecule has 34 heavy (non-hydrogen) atoms. The molecule has 8 nitrogen and oxygen atoms in total. The normalized spacial score (nSPS) is 16.1. The lowest BCUT2D eigenvalue weighted by Crippen LogP contribution is -2.45. The summed E-state index contributed by atoms with van der Waals surface area (Å²) in [5.41, 5.74) is 0.663. The second kappa shape index (κ2) is 10.1. The van der Waals surface area contributed by atoms with E-state index in [0.717, 1.165) is 12.1 Å². The monoisotopic (exact) mass is 485 g/mol. The molecule has 1 aliphatic rings. The van der Waals surface area contributed by atoms with Gasteiger partial charge in [-0.1, -0.05) is 0 Å². The largest absolute Gasteiger partial charge is 0.467 e. The fraction of sp³-hybridized carbons (Fsp3) is 0.250. The van der Waals surface area contributed by atoms with Crippen LogP contribution < -0.4 is 10.0 Å². The topological polar surface area (TPSA) is 109 Å². The number of piperidine rings is 1. The molecule has 1 unspecified atom stereocenters. The van der Waals surface area contributed by atoms with Crippen molar-refractivity contribution in [2.75, 3.05) is 17.8 Å². The van der Waals surface area contributed by atoms with Gasteiger partial charge in [-0.15, -0.1) is 0 Å². The predicted octanol–water partition coefficient (Wildman–Crippen LogP) is 3.39. The molecule has 1 aromatic heterocycles. The first kappa shape index (κ1) is 23.5. The van der Waals surface area contributed by atoms with E-state index in [-0.39, 0.29) is 28.3 Å². The Morgan fingerprint density at radius 2 is 1.79 bits per heavy atom. The van der Waals surface area contributed by atoms with Gasteiger partial charge in [-0.3, -0.25) is 14.3 Å². The maximum atomic E-state index is 13.1. The summed E-state index contributed by atoms with van der Waals surface area (Å²) in [6.45, 7) is 1.15. The second-order valence-electron chi connectivity index (χ2n) is 8.02. The molecule has 1 atom stereocenters. The molecule has 0 bridgehead atoms. The Labute approximate surface area is 196 Å². The highest BCUT2D eigenvalue weighted by molar-refractivity contribution is 7.92. The molecule has 0 spiro atoms. The lowest BCUT2D eigenvalue weighted by atomic mass is 9.96. The van der Waals surface area contributed by atoms with Gasteiger partial charge in [0.05, 0.1) is 23.6 Å². The van der Waals surface area contributed by atoms with Gasteiger partial charge in [-0.2, -0.15) is 0 Å². The number of hydrogen-bond acceptors (Lipinski definition) is 5. The van der Waals surface area contributed by atoms with Gasteiger partial charge in [0.2, 0.25) is 5.91 Å². The van der Waals surface area contributed by atoms with E-state index in [1.807, 2.05) is 0 Å². The zero-order chi connectivity index (χ0) is 24.1. The van der Waals surface area contributed by atoms with Crippen molar-refractivity contribution in [3.63, 3.8) is 0 Å². The summed E-state index contributed by atoms with van der Waals surface area (Å²) in [6.07, 6.45) is 2.94. The number of benzene rings is 2. The lowest BCUT2D eigenvalue weighted by molar-refractivity contribution is -0.126. The van der Waals surface area contributed by atoms with Crippen LogP contribution in [0, 0.1) is 11.7 Å². The molecule has 2 amide bonds. The summed E-state index contributed by atoms with van der Waals surface area (Å²) in [6, 6.07) is 14.1. The minimum Gasteiger partial charge on any atom is -0.467 e. The summed E-state index contributed by atoms with van der Waals surface area (Å²) in [4.78, 5) is 27.1. The molecule has 0 saturated carbocycles. The van der Waals surface area contributed by atoms with Gasteiger partial charge in [0.1, 0.15) is 11.6 Å². The number of halogens is 1. The fourth-order valence-corrected chi connectivity index (χ4v) is 4.86. The van der Waals surface area contributed by atoms with Crippen LogP contribution in [0.5, 0.6) is 0 Å². The minimum atomic E-state index is -3.89. The molecular weight excluding hydrogens is 461 g/mol. The number of anilines is 1. The van der Waals surface area contributed by atoms with Crippen LogP contribution in [0.15, 0.2) is 76.2 Å². The molecule has 0 radical (unpaired) electrons. The first-order chi connectivity index (χ1) is 16.3. The Kier molecular flexibility index (Phi) is 6.97. The molecule has 3 aromatic rings. The van der Waals surface area contributed by atoms with E-state index in [2.05, 4.69) is 10.0 Å². The van der Waals surface area contributed by atoms with Gasteiger partial charge < -0.3 is 14.6 Å². The molecular formula is C24H24FN3O5S. The Balaban J connectivity index is 1.36. The third-order valence-corrected chi connectivity index (χ3v) is 7.00. The number of likely N-dealkylation sites (tertiary alicyclic amines) is 1. The fourth-order valence-electron chi connectivity index (χ4n) is 3.80. The van der Waals surface area contributed by atoms with Crippen LogP contribution in [0.2, 0.25) is 0 Å². The van der Waals surface area contributed by atoms with Gasteiger partial charge in [-0.05, 0) is 73.5 Å². The summed E-state index contributed by atoms with van der Waals surface area (Å²) in [5, 5.41) is 2.84. The number of carbonyl (C=O) groups is 2. The van der Waals surface area contributed by atoms with Crippen LogP contribution in [0.3, 0.4) is 0 Å². The van der Waals surface area contributed by atoms with Gasteiger partial charge in [-0.25, -0.2) is 12.8 Å². The second-order valence-corrected chi connectivity index (χ2v) is 9.71. The highest BCUT2D eigenvalue weighted by atomic mass is 32.2. The number of rotatable bonds is 7. The highest BCUT2D eigenvalue weighted by Gasteiger charge is 2.29. The summed E-state index contributed by atoms with van der Waals surface area (Å²) >= 11 is 0. The first-order valence-corrected chi connectivity index (χ1v) is 12.3. The number of nitrogens with zero attached hydrogens (tertiary/aromatic N) is 1. The third-order valence-electron chi connectivity index (χ3n) is 5.60. The molecule has 1 saturated heterocycles. The van der Waals surface area contributed by atoms with E-state index in [9.17, 15) is 22.4 Å². The Morgan fingerprint density at radius 3 is 2.47 bits per heavy atom. The zero-order valence-corrected chi connectivity index (χ0v) is 19.1.